The number of unbranched alkanes of at least 4 members (excludes halogenated alkanes) is 1. The highest BCUT2D eigenvalue weighted by molar-refractivity contribution is 6.37. The van der Waals surface area contributed by atoms with Crippen LogP contribution in [0.4, 0.5) is 11.4 Å². The zero-order valence-electron chi connectivity index (χ0n) is 25.8. The molecule has 2 unspecified atom stereocenters. The average Bonchev–Trinajstić information content (AvgIpc) is 3.57. The van der Waals surface area contributed by atoms with E-state index in [2.05, 4.69) is 47.8 Å². The summed E-state index contributed by atoms with van der Waals surface area (Å²) in [6.45, 7) is 2.26. The number of carbonyl (C=O) groups excluding carboxylic acids is 3. The Morgan fingerprint density at radius 3 is 2.60 bits per heavy atom. The first kappa shape index (κ1) is 30.9. The number of carbonyl (C=O) groups is 3. The second-order valence-corrected chi connectivity index (χ2v) is 12.5. The van der Waals surface area contributed by atoms with E-state index in [1.807, 2.05) is 6.08 Å². The van der Waals surface area contributed by atoms with E-state index in [0.717, 1.165) is 16.9 Å². The number of aliphatic hydroxyl groups excluding tert-OH is 1. The quantitative estimate of drug-likeness (QED) is 0.130. The normalized spacial score (nSPS) is 17.9. The standard InChI is InChI=1S/C38H33ClN2O6/c1-22-17-26(12-14-33(22)41-37(44)30-13-11-25(39)21-32(30)38(41)45)40-36(43)34-19-24(20-35(47-34)46-16-5-4-15-42)28-9-6-10-29-27-8-3-2-7-23(27)18-31(28)29/h2-3,6-14,17,19,21,24,35,42H,4-5,15-16,18,20H2,1H3,(H,40,43). The van der Waals surface area contributed by atoms with Gasteiger partial charge in [-0.3, -0.25) is 14.4 Å². The lowest BCUT2D eigenvalue weighted by molar-refractivity contribution is -0.143. The number of allylic oxidation sites excluding steroid dienone is 1. The molecule has 2 N–H and O–H groups in total. The van der Waals surface area contributed by atoms with Gasteiger partial charge in [0.05, 0.1) is 23.4 Å². The minimum atomic E-state index is -0.643. The van der Waals surface area contributed by atoms with E-state index in [4.69, 9.17) is 21.1 Å². The number of nitrogens with zero attached hydrogens (tertiary/aromatic N) is 1. The Balaban J connectivity index is 1.13. The molecule has 0 bridgehead atoms. The summed E-state index contributed by atoms with van der Waals surface area (Å²) in [6, 6.07) is 24.4. The zero-order chi connectivity index (χ0) is 32.7. The number of anilines is 2. The maximum atomic E-state index is 13.7. The van der Waals surface area contributed by atoms with Crippen molar-refractivity contribution >= 4 is 40.7 Å². The molecule has 0 saturated heterocycles. The molecule has 238 valence electrons. The summed E-state index contributed by atoms with van der Waals surface area (Å²) in [4.78, 5) is 41.1. The number of nitrogens with one attached hydrogen (secondary N) is 1. The first-order valence-corrected chi connectivity index (χ1v) is 16.1. The van der Waals surface area contributed by atoms with Gasteiger partial charge in [-0.15, -0.1) is 0 Å². The molecule has 0 radical (unpaired) electrons. The van der Waals surface area contributed by atoms with E-state index >= 15 is 0 Å². The minimum absolute atomic E-state index is 0.0847. The number of benzene rings is 4. The van der Waals surface area contributed by atoms with Gasteiger partial charge < -0.3 is 19.9 Å². The fourth-order valence-electron chi connectivity index (χ4n) is 6.70. The van der Waals surface area contributed by atoms with Crippen LogP contribution in [0.5, 0.6) is 0 Å². The monoisotopic (exact) mass is 648 g/mol. The predicted octanol–water partition coefficient (Wildman–Crippen LogP) is 7.16. The van der Waals surface area contributed by atoms with E-state index in [1.165, 1.54) is 28.3 Å². The molecule has 4 aromatic rings. The van der Waals surface area contributed by atoms with Crippen LogP contribution in [0.25, 0.3) is 11.1 Å². The number of hydrogen-bond acceptors (Lipinski definition) is 6. The molecular weight excluding hydrogens is 616 g/mol. The second kappa shape index (κ2) is 12.8. The first-order chi connectivity index (χ1) is 22.8. The molecule has 47 heavy (non-hydrogen) atoms. The molecule has 0 fully saturated rings. The van der Waals surface area contributed by atoms with Crippen LogP contribution >= 0.6 is 11.6 Å². The molecule has 9 heteroatoms. The summed E-state index contributed by atoms with van der Waals surface area (Å²) in [5, 5.41) is 12.5. The van der Waals surface area contributed by atoms with Gasteiger partial charge in [0.15, 0.2) is 5.76 Å². The Morgan fingerprint density at radius 2 is 1.77 bits per heavy atom. The number of aliphatic hydroxyl groups is 1. The summed E-state index contributed by atoms with van der Waals surface area (Å²) in [7, 11) is 0. The van der Waals surface area contributed by atoms with Crippen LogP contribution in [0.15, 0.2) is 90.7 Å². The van der Waals surface area contributed by atoms with Crippen molar-refractivity contribution in [3.8, 4) is 11.1 Å². The summed E-state index contributed by atoms with van der Waals surface area (Å²) in [5.74, 6) is -1.27. The van der Waals surface area contributed by atoms with Crippen LogP contribution in [0.1, 0.15) is 68.2 Å². The highest BCUT2D eigenvalue weighted by atomic mass is 35.5. The maximum absolute atomic E-state index is 13.7. The summed E-state index contributed by atoms with van der Waals surface area (Å²) in [6.07, 6.45) is 3.88. The van der Waals surface area contributed by atoms with Gasteiger partial charge in [0, 0.05) is 29.7 Å². The fraction of sp³-hybridized carbons (Fsp3) is 0.237. The molecule has 7 rings (SSSR count). The van der Waals surface area contributed by atoms with Gasteiger partial charge in [-0.05, 0) is 102 Å². The lowest BCUT2D eigenvalue weighted by atomic mass is 9.87. The third kappa shape index (κ3) is 5.84. The van der Waals surface area contributed by atoms with Crippen molar-refractivity contribution in [2.24, 2.45) is 0 Å². The molecule has 2 aliphatic heterocycles. The topological polar surface area (TPSA) is 105 Å². The molecule has 2 atom stereocenters. The van der Waals surface area contributed by atoms with Gasteiger partial charge in [0.2, 0.25) is 6.29 Å². The molecule has 3 aliphatic rings. The van der Waals surface area contributed by atoms with Gasteiger partial charge in [0.25, 0.3) is 17.7 Å². The molecule has 0 spiro atoms. The number of hydrogen-bond donors (Lipinski definition) is 2. The third-order valence-electron chi connectivity index (χ3n) is 8.97. The van der Waals surface area contributed by atoms with Crippen LogP contribution in [-0.4, -0.2) is 42.3 Å². The van der Waals surface area contributed by atoms with Crippen LogP contribution in [0, 0.1) is 6.92 Å². The molecule has 3 amide bonds. The number of aryl methyl sites for hydroxylation is 1. The summed E-state index contributed by atoms with van der Waals surface area (Å²) in [5.41, 5.74) is 8.21. The molecule has 0 saturated carbocycles. The Morgan fingerprint density at radius 1 is 0.957 bits per heavy atom. The Kier molecular flexibility index (Phi) is 8.40. The lowest BCUT2D eigenvalue weighted by Crippen LogP contribution is -2.30. The van der Waals surface area contributed by atoms with Gasteiger partial charge in [-0.2, -0.15) is 0 Å². The van der Waals surface area contributed by atoms with Gasteiger partial charge in [0.1, 0.15) is 0 Å². The predicted molar refractivity (Wildman–Crippen MR) is 180 cm³/mol. The fourth-order valence-corrected chi connectivity index (χ4v) is 6.87. The average molecular weight is 649 g/mol. The van der Waals surface area contributed by atoms with Crippen molar-refractivity contribution in [1.82, 2.24) is 0 Å². The highest BCUT2D eigenvalue weighted by Gasteiger charge is 2.38. The molecule has 0 aromatic heterocycles. The van der Waals surface area contributed by atoms with Crippen LogP contribution in [-0.2, 0) is 20.7 Å². The molecule has 2 heterocycles. The van der Waals surface area contributed by atoms with Gasteiger partial charge in [-0.25, -0.2) is 4.90 Å². The van der Waals surface area contributed by atoms with Crippen LogP contribution < -0.4 is 10.2 Å². The molecule has 1 aliphatic carbocycles. The Bertz CT molecular complexity index is 1950. The minimum Gasteiger partial charge on any atom is -0.459 e. The van der Waals surface area contributed by atoms with Crippen molar-refractivity contribution in [3.63, 3.8) is 0 Å². The molecular formula is C38H33ClN2O6. The van der Waals surface area contributed by atoms with Crippen molar-refractivity contribution in [2.45, 2.75) is 44.8 Å². The number of fused-ring (bicyclic) bond motifs is 4. The van der Waals surface area contributed by atoms with E-state index in [0.29, 0.717) is 53.4 Å². The third-order valence-corrected chi connectivity index (χ3v) is 9.20. The Labute approximate surface area is 277 Å². The van der Waals surface area contributed by atoms with Crippen LogP contribution in [0.2, 0.25) is 5.02 Å². The first-order valence-electron chi connectivity index (χ1n) is 15.7. The smallest absolute Gasteiger partial charge is 0.290 e. The van der Waals surface area contributed by atoms with Crippen molar-refractivity contribution in [3.05, 3.63) is 129 Å². The summed E-state index contributed by atoms with van der Waals surface area (Å²) >= 11 is 6.08. The van der Waals surface area contributed by atoms with Crippen molar-refractivity contribution in [2.75, 3.05) is 23.4 Å². The number of amides is 3. The number of imide groups is 1. The largest absolute Gasteiger partial charge is 0.459 e. The van der Waals surface area contributed by atoms with E-state index in [9.17, 15) is 19.5 Å². The second-order valence-electron chi connectivity index (χ2n) is 12.0. The number of ether oxygens (including phenoxy) is 2. The summed E-state index contributed by atoms with van der Waals surface area (Å²) < 4.78 is 12.2. The van der Waals surface area contributed by atoms with E-state index in [-0.39, 0.29) is 23.8 Å². The van der Waals surface area contributed by atoms with E-state index in [1.54, 1.807) is 37.3 Å². The number of rotatable bonds is 9. The SMILES string of the molecule is Cc1cc(NC(=O)C2=CC(c3cccc4c3Cc3ccccc3-4)CC(OCCCCO)O2)ccc1N1C(=O)c2ccc(Cl)cc2C1=O. The maximum Gasteiger partial charge on any atom is 0.290 e. The van der Waals surface area contributed by atoms with Crippen molar-refractivity contribution < 1.29 is 29.0 Å². The number of halogens is 1. The molecule has 4 aromatic carbocycles. The van der Waals surface area contributed by atoms with Gasteiger partial charge >= 0.3 is 0 Å². The van der Waals surface area contributed by atoms with E-state index < -0.39 is 24.0 Å². The zero-order valence-corrected chi connectivity index (χ0v) is 26.5. The Hall–Kier alpha value is -4.76. The van der Waals surface area contributed by atoms with Crippen LogP contribution in [0.3, 0.4) is 0 Å². The van der Waals surface area contributed by atoms with Crippen molar-refractivity contribution in [1.29, 1.82) is 0 Å². The lowest BCUT2D eigenvalue weighted by Gasteiger charge is -2.30. The van der Waals surface area contributed by atoms with Gasteiger partial charge in [-0.1, -0.05) is 54.1 Å². The highest BCUT2D eigenvalue weighted by Crippen LogP contribution is 2.43. The molecule has 8 nitrogen and oxygen atoms in total.